The Morgan fingerprint density at radius 3 is 1.37 bits per heavy atom. The van der Waals surface area contributed by atoms with Crippen molar-refractivity contribution in [1.29, 1.82) is 0 Å². The molecule has 3 aromatic carbocycles. The average Bonchev–Trinajstić information content (AvgIpc) is 3.16. The highest BCUT2D eigenvalue weighted by Gasteiger charge is 2.11. The summed E-state index contributed by atoms with van der Waals surface area (Å²) < 4.78 is 11.8. The number of esters is 1. The largest absolute Gasteiger partial charge is 0.423 e. The van der Waals surface area contributed by atoms with Crippen LogP contribution < -0.4 is 4.74 Å². The van der Waals surface area contributed by atoms with E-state index < -0.39 is 0 Å². The van der Waals surface area contributed by atoms with Gasteiger partial charge in [-0.3, -0.25) is 0 Å². The number of carbonyl (C=O) groups excluding carboxylic acids is 1. The Hall–Kier alpha value is -2.91. The Kier molecular flexibility index (Phi) is 23.1. The van der Waals surface area contributed by atoms with Crippen molar-refractivity contribution in [2.24, 2.45) is 0 Å². The topological polar surface area (TPSA) is 35.5 Å². The Morgan fingerprint density at radius 1 is 0.490 bits per heavy atom. The summed E-state index contributed by atoms with van der Waals surface area (Å²) in [4.78, 5) is 12.9. The zero-order chi connectivity index (χ0) is 36.2. The number of hydrogen-bond donors (Lipinski definition) is 0. The van der Waals surface area contributed by atoms with Crippen LogP contribution in [0, 0.1) is 0 Å². The fourth-order valence-electron chi connectivity index (χ4n) is 6.93. The second-order valence-corrected chi connectivity index (χ2v) is 14.9. The average molecular weight is 697 g/mol. The van der Waals surface area contributed by atoms with E-state index in [1.54, 1.807) is 0 Å². The van der Waals surface area contributed by atoms with E-state index in [1.165, 1.54) is 152 Å². The first-order valence-electron chi connectivity index (χ1n) is 21.2. The zero-order valence-electron chi connectivity index (χ0n) is 32.9. The highest BCUT2D eigenvalue weighted by Crippen LogP contribution is 2.24. The van der Waals surface area contributed by atoms with Crippen LogP contribution in [0.5, 0.6) is 5.75 Å². The standard InChI is InChI=1S/C48H72O3/c1-4-6-8-10-12-13-14-15-16-17-18-19-20-22-24-26-40-50-41(3)43-36-38-47(39-37-43)51-48(49)46-34-32-45(33-35-46)44-30-28-42(29-31-44)27-25-23-21-11-9-7-5-2/h28-39,41H,4-27,40H2,1-3H3. The fraction of sp³-hybridized carbons (Fsp3) is 0.604. The maximum absolute atomic E-state index is 12.9. The summed E-state index contributed by atoms with van der Waals surface area (Å²) in [5, 5.41) is 0. The number of unbranched alkanes of at least 4 members (excludes halogenated alkanes) is 21. The molecule has 0 aliphatic heterocycles. The van der Waals surface area contributed by atoms with Crippen molar-refractivity contribution in [2.45, 2.75) is 181 Å². The second kappa shape index (κ2) is 27.7. The summed E-state index contributed by atoms with van der Waals surface area (Å²) in [6.07, 6.45) is 32.5. The third-order valence-electron chi connectivity index (χ3n) is 10.4. The molecule has 1 unspecified atom stereocenters. The maximum atomic E-state index is 12.9. The van der Waals surface area contributed by atoms with Crippen molar-refractivity contribution in [2.75, 3.05) is 6.61 Å². The molecule has 3 heteroatoms. The van der Waals surface area contributed by atoms with Crippen LogP contribution in [0.3, 0.4) is 0 Å². The van der Waals surface area contributed by atoms with E-state index in [-0.39, 0.29) is 12.1 Å². The summed E-state index contributed by atoms with van der Waals surface area (Å²) in [6, 6.07) is 24.3. The van der Waals surface area contributed by atoms with Gasteiger partial charge in [0.15, 0.2) is 0 Å². The van der Waals surface area contributed by atoms with Crippen molar-refractivity contribution < 1.29 is 14.3 Å². The van der Waals surface area contributed by atoms with Gasteiger partial charge in [0.2, 0.25) is 0 Å². The molecule has 0 fully saturated rings. The maximum Gasteiger partial charge on any atom is 0.343 e. The summed E-state index contributed by atoms with van der Waals surface area (Å²) >= 11 is 0. The molecule has 0 N–H and O–H groups in total. The number of benzene rings is 3. The minimum Gasteiger partial charge on any atom is -0.423 e. The first-order valence-corrected chi connectivity index (χ1v) is 21.2. The lowest BCUT2D eigenvalue weighted by Crippen LogP contribution is -2.08. The minimum atomic E-state index is -0.341. The van der Waals surface area contributed by atoms with Crippen LogP contribution in [0.1, 0.15) is 196 Å². The molecule has 0 aromatic heterocycles. The highest BCUT2D eigenvalue weighted by molar-refractivity contribution is 5.91. The smallest absolute Gasteiger partial charge is 0.343 e. The zero-order valence-corrected chi connectivity index (χ0v) is 32.9. The lowest BCUT2D eigenvalue weighted by molar-refractivity contribution is 0.0627. The normalized spacial score (nSPS) is 11.9. The van der Waals surface area contributed by atoms with E-state index in [2.05, 4.69) is 45.0 Å². The van der Waals surface area contributed by atoms with Gasteiger partial charge in [-0.15, -0.1) is 0 Å². The van der Waals surface area contributed by atoms with Crippen LogP contribution in [0.25, 0.3) is 11.1 Å². The van der Waals surface area contributed by atoms with Crippen LogP contribution in [-0.2, 0) is 11.2 Å². The van der Waals surface area contributed by atoms with Crippen LogP contribution in [0.15, 0.2) is 72.8 Å². The van der Waals surface area contributed by atoms with E-state index in [0.29, 0.717) is 11.3 Å². The Labute approximate surface area is 313 Å². The number of carbonyl (C=O) groups is 1. The van der Waals surface area contributed by atoms with Crippen molar-refractivity contribution in [3.63, 3.8) is 0 Å². The second-order valence-electron chi connectivity index (χ2n) is 14.9. The van der Waals surface area contributed by atoms with Gasteiger partial charge in [0.05, 0.1) is 11.7 Å². The number of hydrogen-bond acceptors (Lipinski definition) is 3. The molecule has 0 amide bonds. The van der Waals surface area contributed by atoms with Crippen molar-refractivity contribution in [3.8, 4) is 16.9 Å². The molecule has 0 bridgehead atoms. The molecule has 0 saturated heterocycles. The lowest BCUT2D eigenvalue weighted by atomic mass is 10.00. The van der Waals surface area contributed by atoms with Gasteiger partial charge >= 0.3 is 5.97 Å². The quantitative estimate of drug-likeness (QED) is 0.0395. The van der Waals surface area contributed by atoms with Gasteiger partial charge in [-0.1, -0.05) is 197 Å². The molecule has 1 atom stereocenters. The van der Waals surface area contributed by atoms with Gasteiger partial charge in [0.25, 0.3) is 0 Å². The Bertz CT molecular complexity index is 1260. The predicted molar refractivity (Wildman–Crippen MR) is 219 cm³/mol. The van der Waals surface area contributed by atoms with E-state index in [9.17, 15) is 4.79 Å². The number of rotatable bonds is 30. The van der Waals surface area contributed by atoms with Crippen LogP contribution >= 0.6 is 0 Å². The molecule has 0 aliphatic rings. The van der Waals surface area contributed by atoms with Gasteiger partial charge in [0, 0.05) is 6.61 Å². The summed E-state index contributed by atoms with van der Waals surface area (Å²) in [5.74, 6) is 0.210. The molecule has 3 nitrogen and oxygen atoms in total. The molecule has 0 radical (unpaired) electrons. The molecular weight excluding hydrogens is 625 g/mol. The molecule has 0 spiro atoms. The third kappa shape index (κ3) is 18.9. The SMILES string of the molecule is CCCCCCCCCCCCCCCCCCOC(C)c1ccc(OC(=O)c2ccc(-c3ccc(CCCCCCCCC)cc3)cc2)cc1. The van der Waals surface area contributed by atoms with E-state index in [1.807, 2.05) is 48.5 Å². The van der Waals surface area contributed by atoms with E-state index in [0.717, 1.165) is 30.6 Å². The molecule has 0 heterocycles. The Balaban J connectivity index is 1.23. The monoisotopic (exact) mass is 697 g/mol. The predicted octanol–water partition coefficient (Wildman–Crippen LogP) is 15.2. The molecule has 51 heavy (non-hydrogen) atoms. The van der Waals surface area contributed by atoms with Crippen LogP contribution in [0.2, 0.25) is 0 Å². The van der Waals surface area contributed by atoms with Crippen molar-refractivity contribution in [3.05, 3.63) is 89.5 Å². The lowest BCUT2D eigenvalue weighted by Gasteiger charge is -2.14. The third-order valence-corrected chi connectivity index (χ3v) is 10.4. The first kappa shape index (κ1) is 42.5. The number of ether oxygens (including phenoxy) is 2. The minimum absolute atomic E-state index is 0.0213. The number of aryl methyl sites for hydroxylation is 1. The van der Waals surface area contributed by atoms with Gasteiger partial charge in [0.1, 0.15) is 5.75 Å². The van der Waals surface area contributed by atoms with Gasteiger partial charge in [-0.05, 0) is 72.7 Å². The molecule has 3 rings (SSSR count). The molecular formula is C48H72O3. The summed E-state index contributed by atoms with van der Waals surface area (Å²) in [6.45, 7) is 7.44. The summed E-state index contributed by atoms with van der Waals surface area (Å²) in [7, 11) is 0. The molecule has 3 aromatic rings. The molecule has 0 saturated carbocycles. The van der Waals surface area contributed by atoms with Crippen molar-refractivity contribution in [1.82, 2.24) is 0 Å². The summed E-state index contributed by atoms with van der Waals surface area (Å²) in [5.41, 5.74) is 5.32. The van der Waals surface area contributed by atoms with Crippen LogP contribution in [0.4, 0.5) is 0 Å². The first-order chi connectivity index (χ1) is 25.1. The van der Waals surface area contributed by atoms with Gasteiger partial charge in [-0.2, -0.15) is 0 Å². The van der Waals surface area contributed by atoms with E-state index in [4.69, 9.17) is 9.47 Å². The Morgan fingerprint density at radius 2 is 0.902 bits per heavy atom. The van der Waals surface area contributed by atoms with Crippen LogP contribution in [-0.4, -0.2) is 12.6 Å². The van der Waals surface area contributed by atoms with E-state index >= 15 is 0 Å². The molecule has 282 valence electrons. The van der Waals surface area contributed by atoms with Gasteiger partial charge in [-0.25, -0.2) is 4.79 Å². The van der Waals surface area contributed by atoms with Gasteiger partial charge < -0.3 is 9.47 Å². The highest BCUT2D eigenvalue weighted by atomic mass is 16.5. The fourth-order valence-corrected chi connectivity index (χ4v) is 6.93. The molecule has 0 aliphatic carbocycles. The van der Waals surface area contributed by atoms with Crippen molar-refractivity contribution >= 4 is 5.97 Å².